The SMILES string of the molecule is CC(C)(C)NC(=O)c1cnn(-c2ccccc2)c1COc1ccc(CCO)cc1. The molecule has 0 unspecified atom stereocenters. The van der Waals surface area contributed by atoms with Crippen molar-refractivity contribution in [1.82, 2.24) is 15.1 Å². The number of aliphatic hydroxyl groups is 1. The summed E-state index contributed by atoms with van der Waals surface area (Å²) in [6.45, 7) is 6.13. The van der Waals surface area contributed by atoms with Crippen molar-refractivity contribution in [1.29, 1.82) is 0 Å². The number of ether oxygens (including phenoxy) is 1. The molecular weight excluding hydrogens is 366 g/mol. The van der Waals surface area contributed by atoms with Crippen LogP contribution in [0.2, 0.25) is 0 Å². The minimum absolute atomic E-state index is 0.114. The fourth-order valence-corrected chi connectivity index (χ4v) is 2.94. The molecule has 0 fully saturated rings. The van der Waals surface area contributed by atoms with Crippen molar-refractivity contribution in [3.05, 3.63) is 77.6 Å². The largest absolute Gasteiger partial charge is 0.487 e. The van der Waals surface area contributed by atoms with Gasteiger partial charge in [-0.05, 0) is 57.0 Å². The fourth-order valence-electron chi connectivity index (χ4n) is 2.94. The summed E-state index contributed by atoms with van der Waals surface area (Å²) in [6.07, 6.45) is 2.19. The third kappa shape index (κ3) is 5.45. The average Bonchev–Trinajstić information content (AvgIpc) is 3.11. The highest BCUT2D eigenvalue weighted by Gasteiger charge is 2.22. The monoisotopic (exact) mass is 393 g/mol. The fraction of sp³-hybridized carbons (Fsp3) is 0.304. The molecular formula is C23H27N3O3. The van der Waals surface area contributed by atoms with Gasteiger partial charge < -0.3 is 15.2 Å². The Kier molecular flexibility index (Phi) is 6.34. The molecule has 2 N–H and O–H groups in total. The molecule has 0 aliphatic rings. The number of hydrogen-bond donors (Lipinski definition) is 2. The third-order valence-electron chi connectivity index (χ3n) is 4.30. The van der Waals surface area contributed by atoms with E-state index in [1.807, 2.05) is 75.4 Å². The molecule has 29 heavy (non-hydrogen) atoms. The zero-order chi connectivity index (χ0) is 20.9. The first-order valence-corrected chi connectivity index (χ1v) is 9.65. The highest BCUT2D eigenvalue weighted by atomic mass is 16.5. The van der Waals surface area contributed by atoms with Gasteiger partial charge in [0.25, 0.3) is 5.91 Å². The van der Waals surface area contributed by atoms with Crippen LogP contribution in [0.4, 0.5) is 0 Å². The van der Waals surface area contributed by atoms with Gasteiger partial charge in [-0.3, -0.25) is 4.79 Å². The minimum atomic E-state index is -0.355. The summed E-state index contributed by atoms with van der Waals surface area (Å²) in [4.78, 5) is 12.8. The maximum absolute atomic E-state index is 12.8. The molecule has 0 saturated heterocycles. The molecule has 152 valence electrons. The second-order valence-corrected chi connectivity index (χ2v) is 7.86. The summed E-state index contributed by atoms with van der Waals surface area (Å²) in [5.41, 5.74) is 2.71. The number of nitrogens with zero attached hydrogens (tertiary/aromatic N) is 2. The Morgan fingerprint density at radius 1 is 1.10 bits per heavy atom. The zero-order valence-corrected chi connectivity index (χ0v) is 17.1. The van der Waals surface area contributed by atoms with Crippen LogP contribution >= 0.6 is 0 Å². The van der Waals surface area contributed by atoms with Crippen molar-refractivity contribution in [3.63, 3.8) is 0 Å². The summed E-state index contributed by atoms with van der Waals surface area (Å²) >= 11 is 0. The topological polar surface area (TPSA) is 76.4 Å². The van der Waals surface area contributed by atoms with Crippen LogP contribution < -0.4 is 10.1 Å². The number of carbonyl (C=O) groups is 1. The van der Waals surface area contributed by atoms with Gasteiger partial charge in [-0.25, -0.2) is 4.68 Å². The molecule has 6 nitrogen and oxygen atoms in total. The standard InChI is InChI=1S/C23H27N3O3/c1-23(2,3)25-22(28)20-15-24-26(18-7-5-4-6-8-18)21(20)16-29-19-11-9-17(10-12-19)13-14-27/h4-12,15,27H,13-14,16H2,1-3H3,(H,25,28). The van der Waals surface area contributed by atoms with E-state index in [9.17, 15) is 4.79 Å². The molecule has 2 aromatic carbocycles. The molecule has 0 radical (unpaired) electrons. The Morgan fingerprint density at radius 2 is 1.79 bits per heavy atom. The number of amides is 1. The van der Waals surface area contributed by atoms with Crippen LogP contribution in [0.25, 0.3) is 5.69 Å². The molecule has 0 spiro atoms. The van der Waals surface area contributed by atoms with Gasteiger partial charge in [0.15, 0.2) is 0 Å². The molecule has 6 heteroatoms. The highest BCUT2D eigenvalue weighted by molar-refractivity contribution is 5.95. The molecule has 1 amide bonds. The van der Waals surface area contributed by atoms with E-state index in [4.69, 9.17) is 9.84 Å². The number of rotatable bonds is 7. The van der Waals surface area contributed by atoms with Gasteiger partial charge in [0.05, 0.1) is 23.1 Å². The second-order valence-electron chi connectivity index (χ2n) is 7.86. The van der Waals surface area contributed by atoms with E-state index < -0.39 is 0 Å². The quantitative estimate of drug-likeness (QED) is 0.644. The lowest BCUT2D eigenvalue weighted by Gasteiger charge is -2.20. The second kappa shape index (κ2) is 8.92. The number of hydrogen-bond acceptors (Lipinski definition) is 4. The van der Waals surface area contributed by atoms with Crippen molar-refractivity contribution in [2.75, 3.05) is 6.61 Å². The number of carbonyl (C=O) groups excluding carboxylic acids is 1. The molecule has 0 aliphatic carbocycles. The number of aromatic nitrogens is 2. The molecule has 1 heterocycles. The van der Waals surface area contributed by atoms with Crippen LogP contribution in [0.5, 0.6) is 5.75 Å². The van der Waals surface area contributed by atoms with Crippen LogP contribution in [-0.2, 0) is 13.0 Å². The van der Waals surface area contributed by atoms with Gasteiger partial charge in [-0.15, -0.1) is 0 Å². The Hall–Kier alpha value is -3.12. The maximum atomic E-state index is 12.8. The Bertz CT molecular complexity index is 942. The molecule has 0 aliphatic heterocycles. The zero-order valence-electron chi connectivity index (χ0n) is 17.1. The number of para-hydroxylation sites is 1. The van der Waals surface area contributed by atoms with Crippen molar-refractivity contribution >= 4 is 5.91 Å². The molecule has 1 aromatic heterocycles. The van der Waals surface area contributed by atoms with Gasteiger partial charge in [-0.2, -0.15) is 5.10 Å². The van der Waals surface area contributed by atoms with E-state index in [0.29, 0.717) is 23.4 Å². The van der Waals surface area contributed by atoms with E-state index in [1.54, 1.807) is 10.9 Å². The normalized spacial score (nSPS) is 11.3. The van der Waals surface area contributed by atoms with Crippen molar-refractivity contribution < 1.29 is 14.6 Å². The Balaban J connectivity index is 1.87. The predicted octanol–water partition coefficient (Wildman–Crippen LogP) is 3.51. The van der Waals surface area contributed by atoms with Crippen LogP contribution in [-0.4, -0.2) is 32.9 Å². The highest BCUT2D eigenvalue weighted by Crippen LogP contribution is 2.20. The average molecular weight is 393 g/mol. The van der Waals surface area contributed by atoms with Crippen molar-refractivity contribution in [2.24, 2.45) is 0 Å². The van der Waals surface area contributed by atoms with E-state index in [2.05, 4.69) is 10.4 Å². The first kappa shape index (κ1) is 20.6. The number of benzene rings is 2. The van der Waals surface area contributed by atoms with E-state index >= 15 is 0 Å². The summed E-state index contributed by atoms with van der Waals surface area (Å²) in [7, 11) is 0. The Morgan fingerprint density at radius 3 is 2.41 bits per heavy atom. The van der Waals surface area contributed by atoms with Crippen LogP contribution in [0.15, 0.2) is 60.8 Å². The van der Waals surface area contributed by atoms with E-state index in [1.165, 1.54) is 0 Å². The van der Waals surface area contributed by atoms with E-state index in [0.717, 1.165) is 11.3 Å². The van der Waals surface area contributed by atoms with Gasteiger partial charge in [0.2, 0.25) is 0 Å². The molecule has 0 saturated carbocycles. The smallest absolute Gasteiger partial charge is 0.255 e. The van der Waals surface area contributed by atoms with Crippen molar-refractivity contribution in [3.8, 4) is 11.4 Å². The first-order chi connectivity index (χ1) is 13.9. The maximum Gasteiger partial charge on any atom is 0.255 e. The molecule has 0 bridgehead atoms. The lowest BCUT2D eigenvalue weighted by molar-refractivity contribution is 0.0917. The summed E-state index contributed by atoms with van der Waals surface area (Å²) < 4.78 is 7.70. The number of nitrogens with one attached hydrogen (secondary N) is 1. The van der Waals surface area contributed by atoms with Crippen molar-refractivity contribution in [2.45, 2.75) is 39.3 Å². The van der Waals surface area contributed by atoms with Gasteiger partial charge in [0, 0.05) is 12.1 Å². The van der Waals surface area contributed by atoms with Gasteiger partial charge in [-0.1, -0.05) is 30.3 Å². The summed E-state index contributed by atoms with van der Waals surface area (Å²) in [5, 5.41) is 16.5. The Labute approximate surface area is 171 Å². The van der Waals surface area contributed by atoms with Gasteiger partial charge >= 0.3 is 0 Å². The van der Waals surface area contributed by atoms with E-state index in [-0.39, 0.29) is 24.7 Å². The van der Waals surface area contributed by atoms with Crippen LogP contribution in [0.1, 0.15) is 42.4 Å². The van der Waals surface area contributed by atoms with Crippen LogP contribution in [0, 0.1) is 0 Å². The van der Waals surface area contributed by atoms with Crippen LogP contribution in [0.3, 0.4) is 0 Å². The number of aliphatic hydroxyl groups excluding tert-OH is 1. The lowest BCUT2D eigenvalue weighted by atomic mass is 10.1. The molecule has 3 aromatic rings. The lowest BCUT2D eigenvalue weighted by Crippen LogP contribution is -2.40. The van der Waals surface area contributed by atoms with Gasteiger partial charge in [0.1, 0.15) is 12.4 Å². The molecule has 0 atom stereocenters. The summed E-state index contributed by atoms with van der Waals surface area (Å²) in [5.74, 6) is 0.506. The minimum Gasteiger partial charge on any atom is -0.487 e. The third-order valence-corrected chi connectivity index (χ3v) is 4.30. The first-order valence-electron chi connectivity index (χ1n) is 9.65. The predicted molar refractivity (Wildman–Crippen MR) is 112 cm³/mol. The summed E-state index contributed by atoms with van der Waals surface area (Å²) in [6, 6.07) is 17.2. The molecule has 3 rings (SSSR count).